The molecule has 19 nitrogen and oxygen atoms in total. The second-order valence-electron chi connectivity index (χ2n) is 12.5. The number of likely N-dealkylation sites (tertiary alicyclic amines) is 1. The highest BCUT2D eigenvalue weighted by atomic mass is 16.4. The van der Waals surface area contributed by atoms with Gasteiger partial charge in [0.1, 0.15) is 24.2 Å². The van der Waals surface area contributed by atoms with Gasteiger partial charge in [-0.1, -0.05) is 18.2 Å². The van der Waals surface area contributed by atoms with Crippen LogP contribution in [-0.4, -0.2) is 118 Å². The fourth-order valence-electron chi connectivity index (χ4n) is 5.86. The van der Waals surface area contributed by atoms with E-state index in [4.69, 9.17) is 28.0 Å². The number of aliphatic hydroxyl groups is 1. The van der Waals surface area contributed by atoms with E-state index in [0.717, 1.165) is 10.9 Å². The van der Waals surface area contributed by atoms with E-state index >= 15 is 0 Å². The highest BCUT2D eigenvalue weighted by molar-refractivity contribution is 5.96. The lowest BCUT2D eigenvalue weighted by Crippen LogP contribution is -2.61. The summed E-state index contributed by atoms with van der Waals surface area (Å²) in [7, 11) is 0. The normalized spacial score (nSPS) is 17.0. The SMILES string of the molecule is C[C@@H](O)[C@H](NC(=O)[C@H](Cc1c[nH]c2ccccc12)NC(=O)[C@@H](N)CCCNC(=N)N)C(=O)N1CCC[C@H]1C(=O)N[C@@H](CCCNC(=N)N)C(=O)O. The van der Waals surface area contributed by atoms with Crippen LogP contribution in [0, 0.1) is 10.8 Å². The maximum atomic E-state index is 13.9. The average molecular weight is 715 g/mol. The van der Waals surface area contributed by atoms with Crippen molar-refractivity contribution in [1.82, 2.24) is 36.5 Å². The molecular formula is C32H50N12O7. The van der Waals surface area contributed by atoms with E-state index in [1.807, 2.05) is 24.3 Å². The lowest BCUT2D eigenvalue weighted by molar-refractivity contribution is -0.146. The third-order valence-electron chi connectivity index (χ3n) is 8.56. The zero-order chi connectivity index (χ0) is 37.7. The van der Waals surface area contributed by atoms with Crippen molar-refractivity contribution in [3.63, 3.8) is 0 Å². The number of hydrogen-bond donors (Lipinski definition) is 13. The molecule has 1 aromatic carbocycles. The van der Waals surface area contributed by atoms with E-state index in [9.17, 15) is 34.2 Å². The molecular weight excluding hydrogens is 664 g/mol. The number of aliphatic hydroxyl groups excluding tert-OH is 1. The monoisotopic (exact) mass is 714 g/mol. The van der Waals surface area contributed by atoms with Gasteiger partial charge in [0.25, 0.3) is 0 Å². The van der Waals surface area contributed by atoms with Gasteiger partial charge in [0.15, 0.2) is 11.9 Å². The largest absolute Gasteiger partial charge is 0.480 e. The van der Waals surface area contributed by atoms with Crippen molar-refractivity contribution in [3.8, 4) is 0 Å². The first-order chi connectivity index (χ1) is 24.2. The van der Waals surface area contributed by atoms with Crippen LogP contribution in [0.5, 0.6) is 0 Å². The number of H-pyrrole nitrogens is 1. The number of aromatic amines is 1. The van der Waals surface area contributed by atoms with Crippen LogP contribution in [0.25, 0.3) is 10.9 Å². The highest BCUT2D eigenvalue weighted by Gasteiger charge is 2.41. The number of para-hydroxylation sites is 1. The standard InChI is InChI=1S/C32H50N12O7/c1-17(45)25(29(49)44-14-6-11-24(44)28(48)41-22(30(50)51)10-5-13-39-32(36)37)43-27(47)23(15-18-16-40-21-9-3-2-7-19(18)21)42-26(46)20(33)8-4-12-38-31(34)35/h2-3,7,9,16-17,20,22-25,40,45H,4-6,8,10-15,33H2,1H3,(H,41,48)(H,42,46)(H,43,47)(H,50,51)(H4,34,35,38)(H4,36,37,39)/t17-,20+,22+,23+,24+,25+/m1/s1. The van der Waals surface area contributed by atoms with Crippen LogP contribution in [0.2, 0.25) is 0 Å². The molecule has 1 fully saturated rings. The zero-order valence-corrected chi connectivity index (χ0v) is 28.5. The summed E-state index contributed by atoms with van der Waals surface area (Å²) in [5, 5.41) is 48.6. The minimum absolute atomic E-state index is 0.00811. The Morgan fingerprint density at radius 1 is 0.961 bits per heavy atom. The van der Waals surface area contributed by atoms with E-state index in [1.54, 1.807) is 6.20 Å². The van der Waals surface area contributed by atoms with Crippen LogP contribution in [0.4, 0.5) is 0 Å². The second kappa shape index (κ2) is 19.1. The van der Waals surface area contributed by atoms with Crippen molar-refractivity contribution in [2.45, 2.75) is 88.2 Å². The Labute approximate surface area is 294 Å². The second-order valence-corrected chi connectivity index (χ2v) is 12.5. The average Bonchev–Trinajstić information content (AvgIpc) is 3.73. The number of nitrogens with zero attached hydrogens (tertiary/aromatic N) is 1. The number of carboxylic acid groups (broad SMARTS) is 1. The van der Waals surface area contributed by atoms with Crippen LogP contribution in [0.1, 0.15) is 51.0 Å². The number of carbonyl (C=O) groups is 5. The Balaban J connectivity index is 1.75. The number of guanidine groups is 2. The number of carboxylic acids is 1. The van der Waals surface area contributed by atoms with Gasteiger partial charge in [-0.2, -0.15) is 0 Å². The Kier molecular flexibility index (Phi) is 15.0. The van der Waals surface area contributed by atoms with Crippen molar-refractivity contribution in [2.24, 2.45) is 17.2 Å². The van der Waals surface area contributed by atoms with Crippen LogP contribution in [-0.2, 0) is 30.4 Å². The number of nitrogens with one attached hydrogen (secondary N) is 8. The van der Waals surface area contributed by atoms with Gasteiger partial charge in [0.05, 0.1) is 12.1 Å². The topological polar surface area (TPSA) is 331 Å². The molecule has 280 valence electrons. The van der Waals surface area contributed by atoms with Crippen LogP contribution in [0.3, 0.4) is 0 Å². The number of amides is 4. The molecule has 1 aliphatic rings. The van der Waals surface area contributed by atoms with Crippen LogP contribution < -0.4 is 43.8 Å². The van der Waals surface area contributed by atoms with Crippen molar-refractivity contribution >= 4 is 52.4 Å². The lowest BCUT2D eigenvalue weighted by Gasteiger charge is -2.31. The third kappa shape index (κ3) is 11.8. The molecule has 3 rings (SSSR count). The van der Waals surface area contributed by atoms with Gasteiger partial charge in [0, 0.05) is 43.2 Å². The number of nitrogens with two attached hydrogens (primary N) is 3. The van der Waals surface area contributed by atoms with Crippen molar-refractivity contribution in [1.29, 1.82) is 10.8 Å². The number of fused-ring (bicyclic) bond motifs is 1. The first kappa shape index (κ1) is 40.0. The molecule has 0 radical (unpaired) electrons. The maximum Gasteiger partial charge on any atom is 0.326 e. The van der Waals surface area contributed by atoms with Crippen molar-refractivity contribution in [3.05, 3.63) is 36.0 Å². The molecule has 0 bridgehead atoms. The molecule has 0 aliphatic carbocycles. The summed E-state index contributed by atoms with van der Waals surface area (Å²) < 4.78 is 0. The van der Waals surface area contributed by atoms with Gasteiger partial charge < -0.3 is 63.9 Å². The minimum Gasteiger partial charge on any atom is -0.480 e. The summed E-state index contributed by atoms with van der Waals surface area (Å²) in [6.45, 7) is 1.98. The molecule has 1 aliphatic heterocycles. The molecule has 1 saturated heterocycles. The van der Waals surface area contributed by atoms with Gasteiger partial charge in [0.2, 0.25) is 23.6 Å². The summed E-state index contributed by atoms with van der Waals surface area (Å²) in [6, 6.07) is 1.33. The summed E-state index contributed by atoms with van der Waals surface area (Å²) in [5.74, 6) is -4.60. The van der Waals surface area contributed by atoms with E-state index in [-0.39, 0.29) is 50.7 Å². The van der Waals surface area contributed by atoms with Gasteiger partial charge >= 0.3 is 5.97 Å². The van der Waals surface area contributed by atoms with E-state index < -0.39 is 65.9 Å². The van der Waals surface area contributed by atoms with Crippen molar-refractivity contribution < 1.29 is 34.2 Å². The molecule has 19 heteroatoms. The number of hydrogen-bond acceptors (Lipinski definition) is 9. The molecule has 16 N–H and O–H groups in total. The van der Waals surface area contributed by atoms with E-state index in [1.165, 1.54) is 11.8 Å². The Morgan fingerprint density at radius 3 is 2.24 bits per heavy atom. The molecule has 0 spiro atoms. The molecule has 51 heavy (non-hydrogen) atoms. The fourth-order valence-corrected chi connectivity index (χ4v) is 5.86. The molecule has 1 aromatic heterocycles. The predicted molar refractivity (Wildman–Crippen MR) is 188 cm³/mol. The summed E-state index contributed by atoms with van der Waals surface area (Å²) >= 11 is 0. The van der Waals surface area contributed by atoms with Gasteiger partial charge in [-0.15, -0.1) is 0 Å². The summed E-state index contributed by atoms with van der Waals surface area (Å²) in [6.07, 6.45) is 1.92. The van der Waals surface area contributed by atoms with Crippen LogP contribution >= 0.6 is 0 Å². The smallest absolute Gasteiger partial charge is 0.326 e. The summed E-state index contributed by atoms with van der Waals surface area (Å²) in [5.41, 5.74) is 18.2. The van der Waals surface area contributed by atoms with Crippen LogP contribution in [0.15, 0.2) is 30.5 Å². The molecule has 6 atom stereocenters. The quantitative estimate of drug-likeness (QED) is 0.0407. The fraction of sp³-hybridized carbons (Fsp3) is 0.531. The Morgan fingerprint density at radius 2 is 1.61 bits per heavy atom. The molecule has 0 saturated carbocycles. The van der Waals surface area contributed by atoms with Gasteiger partial charge in [-0.05, 0) is 57.1 Å². The lowest BCUT2D eigenvalue weighted by atomic mass is 10.0. The summed E-state index contributed by atoms with van der Waals surface area (Å²) in [4.78, 5) is 70.3. The van der Waals surface area contributed by atoms with E-state index in [0.29, 0.717) is 31.4 Å². The Bertz CT molecular complexity index is 1560. The number of aliphatic carboxylic acids is 1. The molecule has 4 amide bonds. The molecule has 2 aromatic rings. The number of benzene rings is 1. The van der Waals surface area contributed by atoms with Gasteiger partial charge in [-0.3, -0.25) is 30.0 Å². The van der Waals surface area contributed by atoms with Crippen molar-refractivity contribution in [2.75, 3.05) is 19.6 Å². The first-order valence-electron chi connectivity index (χ1n) is 16.8. The number of carbonyl (C=O) groups excluding carboxylic acids is 4. The van der Waals surface area contributed by atoms with E-state index in [2.05, 4.69) is 31.6 Å². The maximum absolute atomic E-state index is 13.9. The number of rotatable bonds is 19. The Hall–Kier alpha value is -5.43. The zero-order valence-electron chi connectivity index (χ0n) is 28.5. The predicted octanol–water partition coefficient (Wildman–Crippen LogP) is -2.52. The first-order valence-corrected chi connectivity index (χ1v) is 16.8. The minimum atomic E-state index is -1.51. The molecule has 2 heterocycles. The molecule has 0 unspecified atom stereocenters. The highest BCUT2D eigenvalue weighted by Crippen LogP contribution is 2.22. The number of aromatic nitrogens is 1. The van der Waals surface area contributed by atoms with Gasteiger partial charge in [-0.25, -0.2) is 4.79 Å². The third-order valence-corrected chi connectivity index (χ3v) is 8.56.